The van der Waals surface area contributed by atoms with Crippen molar-refractivity contribution >= 4 is 5.97 Å². The topological polar surface area (TPSA) is 46.5 Å². The van der Waals surface area contributed by atoms with E-state index in [2.05, 4.69) is 6.92 Å². The van der Waals surface area contributed by atoms with Crippen LogP contribution in [0, 0.1) is 5.92 Å². The van der Waals surface area contributed by atoms with Crippen LogP contribution in [-0.2, 0) is 9.53 Å². The minimum atomic E-state index is -0.593. The van der Waals surface area contributed by atoms with Crippen molar-refractivity contribution < 1.29 is 14.6 Å². The minimum absolute atomic E-state index is 0.221. The molecule has 3 heteroatoms. The molecule has 0 radical (unpaired) electrons. The van der Waals surface area contributed by atoms with Gasteiger partial charge >= 0.3 is 5.97 Å². The summed E-state index contributed by atoms with van der Waals surface area (Å²) in [6.45, 7) is 3.90. The fourth-order valence-corrected chi connectivity index (χ4v) is 1.89. The van der Waals surface area contributed by atoms with E-state index in [1.807, 2.05) is 0 Å². The van der Waals surface area contributed by atoms with Gasteiger partial charge in [-0.1, -0.05) is 32.6 Å². The second-order valence-corrected chi connectivity index (χ2v) is 4.09. The highest BCUT2D eigenvalue weighted by Gasteiger charge is 2.40. The van der Waals surface area contributed by atoms with Crippen molar-refractivity contribution in [3.63, 3.8) is 0 Å². The van der Waals surface area contributed by atoms with Crippen LogP contribution in [0.2, 0.25) is 0 Å². The molecular weight excluding hydrogens is 180 g/mol. The maximum atomic E-state index is 11.3. The molecule has 1 aliphatic rings. The third-order valence-electron chi connectivity index (χ3n) is 2.87. The summed E-state index contributed by atoms with van der Waals surface area (Å²) in [5, 5.41) is 9.64. The van der Waals surface area contributed by atoms with E-state index in [1.165, 1.54) is 12.8 Å². The van der Waals surface area contributed by atoms with Crippen LogP contribution in [-0.4, -0.2) is 23.3 Å². The van der Waals surface area contributed by atoms with Crippen LogP contribution in [0.5, 0.6) is 0 Å². The van der Waals surface area contributed by atoms with E-state index in [1.54, 1.807) is 6.92 Å². The summed E-state index contributed by atoms with van der Waals surface area (Å²) in [7, 11) is 0. The molecule has 0 aromatic carbocycles. The van der Waals surface area contributed by atoms with Gasteiger partial charge in [-0.05, 0) is 13.3 Å². The van der Waals surface area contributed by atoms with Crippen molar-refractivity contribution in [2.75, 3.05) is 0 Å². The van der Waals surface area contributed by atoms with E-state index < -0.39 is 6.10 Å². The highest BCUT2D eigenvalue weighted by atomic mass is 16.6. The molecule has 1 unspecified atom stereocenters. The maximum Gasteiger partial charge on any atom is 0.312 e. The molecule has 0 saturated carbocycles. The van der Waals surface area contributed by atoms with Crippen LogP contribution < -0.4 is 0 Å². The van der Waals surface area contributed by atoms with Crippen molar-refractivity contribution in [3.05, 3.63) is 0 Å². The Morgan fingerprint density at radius 2 is 2.07 bits per heavy atom. The predicted molar refractivity (Wildman–Crippen MR) is 53.8 cm³/mol. The fourth-order valence-electron chi connectivity index (χ4n) is 1.89. The lowest BCUT2D eigenvalue weighted by molar-refractivity contribution is -0.143. The van der Waals surface area contributed by atoms with Crippen molar-refractivity contribution in [2.24, 2.45) is 5.92 Å². The third kappa shape index (κ3) is 2.71. The van der Waals surface area contributed by atoms with Crippen LogP contribution in [0.15, 0.2) is 0 Å². The first-order valence-corrected chi connectivity index (χ1v) is 5.55. The van der Waals surface area contributed by atoms with Crippen molar-refractivity contribution in [1.82, 2.24) is 0 Å². The lowest BCUT2D eigenvalue weighted by Gasteiger charge is -2.11. The van der Waals surface area contributed by atoms with Gasteiger partial charge in [0.1, 0.15) is 12.2 Å². The Bertz CT molecular complexity index is 191. The van der Waals surface area contributed by atoms with Gasteiger partial charge in [-0.25, -0.2) is 0 Å². The summed E-state index contributed by atoms with van der Waals surface area (Å²) in [4.78, 5) is 11.3. The zero-order chi connectivity index (χ0) is 10.6. The van der Waals surface area contributed by atoms with Crippen molar-refractivity contribution in [2.45, 2.75) is 58.2 Å². The molecule has 1 aliphatic heterocycles. The van der Waals surface area contributed by atoms with E-state index in [0.29, 0.717) is 0 Å². The Labute approximate surface area is 85.5 Å². The summed E-state index contributed by atoms with van der Waals surface area (Å²) < 4.78 is 4.95. The lowest BCUT2D eigenvalue weighted by atomic mass is 9.95. The van der Waals surface area contributed by atoms with Gasteiger partial charge in [0.15, 0.2) is 0 Å². The number of carbonyl (C=O) groups is 1. The highest BCUT2D eigenvalue weighted by Crippen LogP contribution is 2.26. The normalized spacial score (nSPS) is 31.9. The van der Waals surface area contributed by atoms with E-state index in [0.717, 1.165) is 19.3 Å². The molecule has 0 spiro atoms. The number of carbonyl (C=O) groups excluding carboxylic acids is 1. The first-order chi connectivity index (χ1) is 6.66. The molecule has 82 valence electrons. The molecule has 1 N–H and O–H groups in total. The van der Waals surface area contributed by atoms with Gasteiger partial charge in [0.25, 0.3) is 0 Å². The average molecular weight is 200 g/mol. The predicted octanol–water partition coefficient (Wildman–Crippen LogP) is 1.88. The molecule has 1 fully saturated rings. The summed E-state index contributed by atoms with van der Waals surface area (Å²) in [5.41, 5.74) is 0. The molecule has 1 rings (SSSR count). The van der Waals surface area contributed by atoms with Crippen LogP contribution in [0.3, 0.4) is 0 Å². The van der Waals surface area contributed by atoms with Crippen molar-refractivity contribution in [1.29, 1.82) is 0 Å². The SMILES string of the molecule is CCCCCCC1C(=O)O[C@@H](C)[C@@H]1O. The average Bonchev–Trinajstić information content (AvgIpc) is 2.38. The maximum absolute atomic E-state index is 11.3. The molecular formula is C11H20O3. The molecule has 1 saturated heterocycles. The molecule has 0 aromatic rings. The molecule has 0 amide bonds. The Kier molecular flexibility index (Phi) is 4.39. The first-order valence-electron chi connectivity index (χ1n) is 5.55. The van der Waals surface area contributed by atoms with Gasteiger partial charge in [0, 0.05) is 0 Å². The molecule has 14 heavy (non-hydrogen) atoms. The van der Waals surface area contributed by atoms with Crippen LogP contribution in [0.4, 0.5) is 0 Å². The van der Waals surface area contributed by atoms with Crippen molar-refractivity contribution in [3.8, 4) is 0 Å². The number of hydrogen-bond acceptors (Lipinski definition) is 3. The second-order valence-electron chi connectivity index (χ2n) is 4.09. The van der Waals surface area contributed by atoms with Crippen LogP contribution in [0.25, 0.3) is 0 Å². The van der Waals surface area contributed by atoms with Gasteiger partial charge in [-0.15, -0.1) is 0 Å². The first kappa shape index (κ1) is 11.5. The molecule has 3 nitrogen and oxygen atoms in total. The number of cyclic esters (lactones) is 1. The Morgan fingerprint density at radius 3 is 2.57 bits per heavy atom. The van der Waals surface area contributed by atoms with Gasteiger partial charge < -0.3 is 9.84 Å². The molecule has 3 atom stereocenters. The Morgan fingerprint density at radius 1 is 1.36 bits per heavy atom. The van der Waals surface area contributed by atoms with E-state index >= 15 is 0 Å². The quantitative estimate of drug-likeness (QED) is 0.544. The van der Waals surface area contributed by atoms with Crippen LogP contribution in [0.1, 0.15) is 46.0 Å². The third-order valence-corrected chi connectivity index (χ3v) is 2.87. The largest absolute Gasteiger partial charge is 0.460 e. The summed E-state index contributed by atoms with van der Waals surface area (Å²) in [6.07, 6.45) is 4.40. The van der Waals surface area contributed by atoms with Crippen LogP contribution >= 0.6 is 0 Å². The number of unbranched alkanes of at least 4 members (excludes halogenated alkanes) is 3. The molecule has 0 bridgehead atoms. The Hall–Kier alpha value is -0.570. The highest BCUT2D eigenvalue weighted by molar-refractivity contribution is 5.75. The zero-order valence-electron chi connectivity index (χ0n) is 9.03. The lowest BCUT2D eigenvalue weighted by Crippen LogP contribution is -2.24. The van der Waals surface area contributed by atoms with E-state index in [-0.39, 0.29) is 18.0 Å². The van der Waals surface area contributed by atoms with Gasteiger partial charge in [-0.3, -0.25) is 4.79 Å². The second kappa shape index (κ2) is 5.35. The number of aliphatic hydroxyl groups is 1. The smallest absolute Gasteiger partial charge is 0.312 e. The van der Waals surface area contributed by atoms with Gasteiger partial charge in [0.2, 0.25) is 0 Å². The Balaban J connectivity index is 2.26. The monoisotopic (exact) mass is 200 g/mol. The summed E-state index contributed by atoms with van der Waals surface area (Å²) in [5.74, 6) is -0.497. The molecule has 0 aromatic heterocycles. The standard InChI is InChI=1S/C11H20O3/c1-3-4-5-6-7-9-10(12)8(2)14-11(9)13/h8-10,12H,3-7H2,1-2H3/t8-,9?,10-/m0/s1. The molecule has 0 aliphatic carbocycles. The summed E-state index contributed by atoms with van der Waals surface area (Å²) in [6, 6.07) is 0. The number of aliphatic hydroxyl groups excluding tert-OH is 1. The van der Waals surface area contributed by atoms with Gasteiger partial charge in [0.05, 0.1) is 5.92 Å². The zero-order valence-corrected chi connectivity index (χ0v) is 9.03. The minimum Gasteiger partial charge on any atom is -0.460 e. The summed E-state index contributed by atoms with van der Waals surface area (Å²) >= 11 is 0. The fraction of sp³-hybridized carbons (Fsp3) is 0.909. The number of ether oxygens (including phenoxy) is 1. The molecule has 1 heterocycles. The van der Waals surface area contributed by atoms with Gasteiger partial charge in [-0.2, -0.15) is 0 Å². The number of esters is 1. The number of rotatable bonds is 5. The van der Waals surface area contributed by atoms with E-state index in [9.17, 15) is 9.90 Å². The number of hydrogen-bond donors (Lipinski definition) is 1. The van der Waals surface area contributed by atoms with E-state index in [4.69, 9.17) is 4.74 Å².